The average Bonchev–Trinajstić information content (AvgIpc) is 3.11. The highest BCUT2D eigenvalue weighted by atomic mass is 19.4. The number of ether oxygens (including phenoxy) is 1. The van der Waals surface area contributed by atoms with Crippen molar-refractivity contribution in [2.24, 2.45) is 11.8 Å². The fourth-order valence-electron chi connectivity index (χ4n) is 3.25. The highest BCUT2D eigenvalue weighted by Gasteiger charge is 2.30. The van der Waals surface area contributed by atoms with Crippen molar-refractivity contribution < 1.29 is 32.6 Å². The predicted molar refractivity (Wildman–Crippen MR) is 115 cm³/mol. The number of aliphatic hydroxyl groups is 1. The zero-order valence-electron chi connectivity index (χ0n) is 17.8. The number of aliphatic hydroxyl groups excluding tert-OH is 1. The third-order valence-electron chi connectivity index (χ3n) is 5.05. The highest BCUT2D eigenvalue weighted by molar-refractivity contribution is 5.95. The number of hydrogen-bond donors (Lipinski definition) is 2. The number of amides is 1. The molecule has 0 fully saturated rings. The fraction of sp³-hybridized carbons (Fsp3) is 0.417. The van der Waals surface area contributed by atoms with Gasteiger partial charge in [0.25, 0.3) is 0 Å². The van der Waals surface area contributed by atoms with Crippen LogP contribution in [0.5, 0.6) is 5.75 Å². The normalized spacial score (nSPS) is 19.7. The number of halogens is 3. The smallest absolute Gasteiger partial charge is 0.416 e. The number of hydrogen-bond acceptors (Lipinski definition) is 4. The van der Waals surface area contributed by atoms with Gasteiger partial charge in [0.1, 0.15) is 18.5 Å². The molecule has 0 aromatic heterocycles. The van der Waals surface area contributed by atoms with Crippen LogP contribution in [-0.2, 0) is 15.8 Å². The summed E-state index contributed by atoms with van der Waals surface area (Å²) in [4.78, 5) is 23.3. The molecule has 1 aliphatic carbocycles. The molecular weight excluding hydrogens is 423 g/mol. The van der Waals surface area contributed by atoms with Gasteiger partial charge in [0.15, 0.2) is 5.78 Å². The number of carbonyl (C=O) groups excluding carboxylic acids is 2. The Labute approximate surface area is 185 Å². The molecule has 1 amide bonds. The summed E-state index contributed by atoms with van der Waals surface area (Å²) in [5, 5.41) is 12.7. The zero-order valence-corrected chi connectivity index (χ0v) is 17.8. The van der Waals surface area contributed by atoms with E-state index in [4.69, 9.17) is 4.74 Å². The number of ketones is 1. The first kappa shape index (κ1) is 25.4. The molecule has 0 saturated heterocycles. The van der Waals surface area contributed by atoms with Crippen molar-refractivity contribution in [2.45, 2.75) is 38.0 Å². The average molecular weight is 451 g/mol. The molecule has 0 spiro atoms. The van der Waals surface area contributed by atoms with E-state index in [1.165, 1.54) is 24.3 Å². The maximum absolute atomic E-state index is 12.8. The van der Waals surface area contributed by atoms with Gasteiger partial charge in [-0.2, -0.15) is 13.2 Å². The number of unbranched alkanes of at least 4 members (excludes halogenated alkanes) is 1. The molecule has 2 N–H and O–H groups in total. The third-order valence-corrected chi connectivity index (χ3v) is 5.05. The molecule has 0 saturated carbocycles. The van der Waals surface area contributed by atoms with Crippen LogP contribution in [0.3, 0.4) is 0 Å². The molecule has 0 unspecified atom stereocenters. The lowest BCUT2D eigenvalue weighted by molar-refractivity contribution is -0.137. The van der Waals surface area contributed by atoms with Crippen LogP contribution in [0.4, 0.5) is 13.2 Å². The summed E-state index contributed by atoms with van der Waals surface area (Å²) in [6.45, 7) is -0.234. The Morgan fingerprint density at radius 3 is 2.81 bits per heavy atom. The summed E-state index contributed by atoms with van der Waals surface area (Å²) in [6, 6.07) is 4.43. The van der Waals surface area contributed by atoms with Gasteiger partial charge in [0.05, 0.1) is 5.56 Å². The Morgan fingerprint density at radius 2 is 2.09 bits per heavy atom. The van der Waals surface area contributed by atoms with E-state index in [2.05, 4.69) is 5.32 Å². The molecule has 174 valence electrons. The quantitative estimate of drug-likeness (QED) is 0.390. The summed E-state index contributed by atoms with van der Waals surface area (Å²) in [5.74, 6) is -0.502. The standard InChI is InChI=1S/C24H28F3NO4/c1-28-23(31)10-5-3-2-4-7-17-11-14-22(30)21(17)13-12-19(29)16-32-20-9-6-8-18(15-20)24(25,26)27/h2,4,6,8-9,11-15,17,19,21,29H,3,5,7,10,16H2,1H3,(H,28,31)/t17-,19+,21+/m0/s1. The van der Waals surface area contributed by atoms with Gasteiger partial charge < -0.3 is 15.2 Å². The van der Waals surface area contributed by atoms with E-state index in [0.29, 0.717) is 12.8 Å². The first-order valence-electron chi connectivity index (χ1n) is 10.4. The molecule has 2 rings (SSSR count). The second-order valence-electron chi connectivity index (χ2n) is 7.51. The number of rotatable bonds is 11. The van der Waals surface area contributed by atoms with Gasteiger partial charge in [-0.25, -0.2) is 0 Å². The Balaban J connectivity index is 1.81. The van der Waals surface area contributed by atoms with Crippen molar-refractivity contribution in [1.82, 2.24) is 5.32 Å². The Morgan fingerprint density at radius 1 is 1.31 bits per heavy atom. The van der Waals surface area contributed by atoms with Crippen LogP contribution in [0.1, 0.15) is 31.2 Å². The molecule has 0 bridgehead atoms. The van der Waals surface area contributed by atoms with E-state index in [9.17, 15) is 27.9 Å². The largest absolute Gasteiger partial charge is 0.491 e. The van der Waals surface area contributed by atoms with E-state index >= 15 is 0 Å². The minimum atomic E-state index is -4.47. The lowest BCUT2D eigenvalue weighted by atomic mass is 9.91. The van der Waals surface area contributed by atoms with Crippen LogP contribution in [0.2, 0.25) is 0 Å². The second-order valence-corrected chi connectivity index (χ2v) is 7.51. The zero-order chi connectivity index (χ0) is 23.6. The van der Waals surface area contributed by atoms with Crippen molar-refractivity contribution in [3.05, 3.63) is 66.3 Å². The summed E-state index contributed by atoms with van der Waals surface area (Å²) >= 11 is 0. The predicted octanol–water partition coefficient (Wildman–Crippen LogP) is 4.24. The minimum Gasteiger partial charge on any atom is -0.491 e. The van der Waals surface area contributed by atoms with Crippen molar-refractivity contribution in [1.29, 1.82) is 0 Å². The fourth-order valence-corrected chi connectivity index (χ4v) is 3.25. The van der Waals surface area contributed by atoms with E-state index in [-0.39, 0.29) is 30.0 Å². The summed E-state index contributed by atoms with van der Waals surface area (Å²) in [5.41, 5.74) is -0.827. The molecule has 0 radical (unpaired) electrons. The Hall–Kier alpha value is -2.87. The van der Waals surface area contributed by atoms with Crippen LogP contribution in [0, 0.1) is 11.8 Å². The van der Waals surface area contributed by atoms with Crippen LogP contribution in [0.15, 0.2) is 60.7 Å². The second kappa shape index (κ2) is 12.2. The molecule has 8 heteroatoms. The summed E-state index contributed by atoms with van der Waals surface area (Å²) < 4.78 is 43.5. The van der Waals surface area contributed by atoms with E-state index in [1.807, 2.05) is 18.2 Å². The molecular formula is C24H28F3NO4. The maximum atomic E-state index is 12.8. The number of allylic oxidation sites excluding steroid dienone is 5. The number of nitrogens with one attached hydrogen (secondary N) is 1. The molecule has 1 aromatic carbocycles. The van der Waals surface area contributed by atoms with Gasteiger partial charge in [-0.1, -0.05) is 36.4 Å². The third kappa shape index (κ3) is 8.34. The van der Waals surface area contributed by atoms with Gasteiger partial charge in [-0.05, 0) is 49.5 Å². The maximum Gasteiger partial charge on any atom is 0.416 e. The van der Waals surface area contributed by atoms with Crippen LogP contribution in [0.25, 0.3) is 0 Å². The molecule has 3 atom stereocenters. The number of carbonyl (C=O) groups is 2. The first-order valence-corrected chi connectivity index (χ1v) is 10.4. The monoisotopic (exact) mass is 451 g/mol. The highest BCUT2D eigenvalue weighted by Crippen LogP contribution is 2.31. The van der Waals surface area contributed by atoms with E-state index < -0.39 is 23.8 Å². The molecule has 5 nitrogen and oxygen atoms in total. The van der Waals surface area contributed by atoms with Crippen molar-refractivity contribution in [3.8, 4) is 5.75 Å². The SMILES string of the molecule is CNC(=O)CCCC=CC[C@H]1C=CC(=O)[C@@H]1C=C[C@@H](O)COc1cccc(C(F)(F)F)c1. The first-order chi connectivity index (χ1) is 15.2. The molecule has 1 aromatic rings. The van der Waals surface area contributed by atoms with Gasteiger partial charge in [0.2, 0.25) is 5.91 Å². The van der Waals surface area contributed by atoms with Crippen LogP contribution < -0.4 is 10.1 Å². The van der Waals surface area contributed by atoms with Crippen molar-refractivity contribution >= 4 is 11.7 Å². The minimum absolute atomic E-state index is 0.00326. The molecule has 0 heterocycles. The lowest BCUT2D eigenvalue weighted by Gasteiger charge is -2.14. The van der Waals surface area contributed by atoms with Crippen LogP contribution >= 0.6 is 0 Å². The van der Waals surface area contributed by atoms with Crippen LogP contribution in [-0.4, -0.2) is 36.6 Å². The van der Waals surface area contributed by atoms with Gasteiger partial charge in [0, 0.05) is 19.4 Å². The molecule has 0 aliphatic heterocycles. The van der Waals surface area contributed by atoms with E-state index in [1.54, 1.807) is 13.1 Å². The summed E-state index contributed by atoms with van der Waals surface area (Å²) in [6.07, 6.45) is 7.45. The van der Waals surface area contributed by atoms with Crippen molar-refractivity contribution in [3.63, 3.8) is 0 Å². The summed E-state index contributed by atoms with van der Waals surface area (Å²) in [7, 11) is 1.60. The molecule has 1 aliphatic rings. The number of benzene rings is 1. The number of alkyl halides is 3. The van der Waals surface area contributed by atoms with Gasteiger partial charge in [-0.15, -0.1) is 0 Å². The Kier molecular flexibility index (Phi) is 9.71. The van der Waals surface area contributed by atoms with Gasteiger partial charge in [-0.3, -0.25) is 9.59 Å². The topological polar surface area (TPSA) is 75.6 Å². The Bertz CT molecular complexity index is 861. The molecule has 32 heavy (non-hydrogen) atoms. The van der Waals surface area contributed by atoms with Crippen molar-refractivity contribution in [2.75, 3.05) is 13.7 Å². The van der Waals surface area contributed by atoms with Gasteiger partial charge >= 0.3 is 6.18 Å². The van der Waals surface area contributed by atoms with E-state index in [0.717, 1.165) is 25.0 Å². The lowest BCUT2D eigenvalue weighted by Crippen LogP contribution is -2.18.